The van der Waals surface area contributed by atoms with Crippen molar-refractivity contribution in [2.24, 2.45) is 0 Å². The number of unbranched alkanes of at least 4 members (excludes halogenated alkanes) is 32. The van der Waals surface area contributed by atoms with Crippen molar-refractivity contribution in [1.82, 2.24) is 5.32 Å². The summed E-state index contributed by atoms with van der Waals surface area (Å²) in [5, 5.41) is 3.03. The Balaban J connectivity index is 5.37. The van der Waals surface area contributed by atoms with E-state index in [1.807, 2.05) is 33.3 Å². The summed E-state index contributed by atoms with van der Waals surface area (Å²) in [5.74, 6) is -0.514. The van der Waals surface area contributed by atoms with Crippen molar-refractivity contribution in [3.8, 4) is 0 Å². The first-order valence-corrected chi connectivity index (χ1v) is 29.2. The molecule has 0 aromatic rings. The minimum atomic E-state index is -4.44. The van der Waals surface area contributed by atoms with Crippen LogP contribution < -0.4 is 5.32 Å². The Morgan fingerprint density at radius 1 is 0.523 bits per heavy atom. The van der Waals surface area contributed by atoms with Gasteiger partial charge in [0.25, 0.3) is 0 Å². The van der Waals surface area contributed by atoms with Gasteiger partial charge in [0.1, 0.15) is 19.3 Å². The monoisotopic (exact) mass is 940 g/mol. The van der Waals surface area contributed by atoms with Gasteiger partial charge in [-0.15, -0.1) is 0 Å². The number of carbonyl (C=O) groups excluding carboxylic acids is 2. The van der Waals surface area contributed by atoms with E-state index >= 15 is 0 Å². The van der Waals surface area contributed by atoms with E-state index in [2.05, 4.69) is 38.2 Å². The summed E-state index contributed by atoms with van der Waals surface area (Å²) in [6, 6.07) is -0.848. The van der Waals surface area contributed by atoms with Gasteiger partial charge in [0, 0.05) is 12.8 Å². The van der Waals surface area contributed by atoms with E-state index < -0.39 is 20.0 Å². The minimum Gasteiger partial charge on any atom is -0.456 e. The molecule has 0 aromatic heterocycles. The number of nitrogens with zero attached hydrogens (tertiary/aromatic N) is 1. The van der Waals surface area contributed by atoms with Crippen molar-refractivity contribution in [1.29, 1.82) is 0 Å². The van der Waals surface area contributed by atoms with Gasteiger partial charge in [-0.1, -0.05) is 219 Å². The van der Waals surface area contributed by atoms with E-state index in [1.165, 1.54) is 161 Å². The molecule has 0 spiro atoms. The molecule has 65 heavy (non-hydrogen) atoms. The molecule has 2 N–H and O–H groups in total. The molecule has 3 atom stereocenters. The van der Waals surface area contributed by atoms with Crippen LogP contribution in [0.1, 0.15) is 265 Å². The Morgan fingerprint density at radius 3 is 1.32 bits per heavy atom. The maximum atomic E-state index is 13.4. The maximum absolute atomic E-state index is 13.4. The van der Waals surface area contributed by atoms with Crippen molar-refractivity contribution < 1.29 is 37.3 Å². The van der Waals surface area contributed by atoms with Crippen LogP contribution in [0.25, 0.3) is 0 Å². The molecule has 0 bridgehead atoms. The minimum absolute atomic E-state index is 0.0405. The molecule has 0 aliphatic rings. The number of quaternary nitrogens is 1. The third-order valence-corrected chi connectivity index (χ3v) is 13.4. The average molecular weight is 940 g/mol. The van der Waals surface area contributed by atoms with Gasteiger partial charge in [0.05, 0.1) is 33.8 Å². The van der Waals surface area contributed by atoms with E-state index in [4.69, 9.17) is 13.8 Å². The molecule has 9 nitrogen and oxygen atoms in total. The van der Waals surface area contributed by atoms with Crippen molar-refractivity contribution in [2.75, 3.05) is 40.9 Å². The number of nitrogens with one attached hydrogen (secondary N) is 1. The molecule has 0 rings (SSSR count). The lowest BCUT2D eigenvalue weighted by molar-refractivity contribution is -0.870. The maximum Gasteiger partial charge on any atom is 0.472 e. The van der Waals surface area contributed by atoms with Crippen LogP contribution in [0.3, 0.4) is 0 Å². The molecule has 0 heterocycles. The van der Waals surface area contributed by atoms with Crippen LogP contribution in [0.5, 0.6) is 0 Å². The van der Waals surface area contributed by atoms with Gasteiger partial charge in [-0.25, -0.2) is 4.57 Å². The molecular formula is C55H108N2O7P+. The number of ether oxygens (including phenoxy) is 1. The zero-order valence-corrected chi connectivity index (χ0v) is 44.6. The molecule has 10 heteroatoms. The average Bonchev–Trinajstić information content (AvgIpc) is 3.26. The molecule has 0 aliphatic heterocycles. The number of phosphoric acid groups is 1. The van der Waals surface area contributed by atoms with Crippen LogP contribution in [0.2, 0.25) is 0 Å². The number of hydrogen-bond acceptors (Lipinski definition) is 6. The molecule has 384 valence electrons. The lowest BCUT2D eigenvalue weighted by atomic mass is 10.0. The molecule has 0 aromatic carbocycles. The second-order valence-corrected chi connectivity index (χ2v) is 21.6. The topological polar surface area (TPSA) is 111 Å². The van der Waals surface area contributed by atoms with Gasteiger partial charge in [-0.05, 0) is 57.4 Å². The highest BCUT2D eigenvalue weighted by Gasteiger charge is 2.30. The zero-order valence-electron chi connectivity index (χ0n) is 43.7. The third kappa shape index (κ3) is 47.4. The second kappa shape index (κ2) is 46.2. The Bertz CT molecular complexity index is 1170. The SMILES string of the molecule is CCCCCCCCC/C=C\CCCCCC(=O)NC(COP(=O)(O)OCC[N+](C)(C)C)C(/C=C/CCCCCCCCCCC)OC(=O)CCCCCCCCCCCCCCCC. The normalized spacial score (nSPS) is 14.0. The number of phosphoric ester groups is 1. The Labute approximate surface area is 403 Å². The first-order valence-electron chi connectivity index (χ1n) is 27.7. The first kappa shape index (κ1) is 63.5. The molecule has 0 saturated heterocycles. The summed E-state index contributed by atoms with van der Waals surface area (Å²) in [7, 11) is 1.50. The fraction of sp³-hybridized carbons (Fsp3) is 0.891. The summed E-state index contributed by atoms with van der Waals surface area (Å²) in [6.07, 6.45) is 51.7. The number of rotatable bonds is 50. The Morgan fingerprint density at radius 2 is 0.892 bits per heavy atom. The molecule has 0 aliphatic carbocycles. The van der Waals surface area contributed by atoms with Gasteiger partial charge >= 0.3 is 13.8 Å². The van der Waals surface area contributed by atoms with E-state index in [9.17, 15) is 19.0 Å². The summed E-state index contributed by atoms with van der Waals surface area (Å²) in [6.45, 7) is 7.00. The largest absolute Gasteiger partial charge is 0.472 e. The summed E-state index contributed by atoms with van der Waals surface area (Å²) in [5.41, 5.74) is 0. The van der Waals surface area contributed by atoms with Crippen molar-refractivity contribution in [3.63, 3.8) is 0 Å². The number of esters is 1. The van der Waals surface area contributed by atoms with E-state index in [0.717, 1.165) is 70.6 Å². The predicted molar refractivity (Wildman–Crippen MR) is 277 cm³/mol. The van der Waals surface area contributed by atoms with Crippen molar-refractivity contribution >= 4 is 19.7 Å². The molecule has 0 radical (unpaired) electrons. The van der Waals surface area contributed by atoms with Crippen molar-refractivity contribution in [3.05, 3.63) is 24.3 Å². The number of likely N-dealkylation sites (N-methyl/N-ethyl adjacent to an activating group) is 1. The quantitative estimate of drug-likeness (QED) is 0.0205. The highest BCUT2D eigenvalue weighted by Crippen LogP contribution is 2.43. The molecule has 0 saturated carbocycles. The van der Waals surface area contributed by atoms with Crippen LogP contribution in [0.15, 0.2) is 24.3 Å². The van der Waals surface area contributed by atoms with Crippen LogP contribution >= 0.6 is 7.82 Å². The highest BCUT2D eigenvalue weighted by molar-refractivity contribution is 7.47. The predicted octanol–water partition coefficient (Wildman–Crippen LogP) is 16.2. The van der Waals surface area contributed by atoms with Gasteiger partial charge in [-0.3, -0.25) is 18.6 Å². The number of carbonyl (C=O) groups is 2. The number of hydrogen-bond donors (Lipinski definition) is 2. The van der Waals surface area contributed by atoms with Gasteiger partial charge in [0.15, 0.2) is 0 Å². The second-order valence-electron chi connectivity index (χ2n) is 20.1. The smallest absolute Gasteiger partial charge is 0.456 e. The van der Waals surface area contributed by atoms with Gasteiger partial charge < -0.3 is 19.4 Å². The molecule has 3 unspecified atom stereocenters. The van der Waals surface area contributed by atoms with Crippen molar-refractivity contribution in [2.45, 2.75) is 277 Å². The van der Waals surface area contributed by atoms with Crippen LogP contribution in [0.4, 0.5) is 0 Å². The van der Waals surface area contributed by atoms with E-state index in [1.54, 1.807) is 0 Å². The third-order valence-electron chi connectivity index (χ3n) is 12.4. The van der Waals surface area contributed by atoms with Gasteiger partial charge in [-0.2, -0.15) is 0 Å². The number of allylic oxidation sites excluding steroid dienone is 3. The molecule has 1 amide bonds. The lowest BCUT2D eigenvalue weighted by Crippen LogP contribution is -2.47. The summed E-state index contributed by atoms with van der Waals surface area (Å²) in [4.78, 5) is 37.4. The molecule has 0 fully saturated rings. The first-order chi connectivity index (χ1) is 31.4. The van der Waals surface area contributed by atoms with Crippen LogP contribution in [0, 0.1) is 0 Å². The zero-order chi connectivity index (χ0) is 48.0. The fourth-order valence-corrected chi connectivity index (χ4v) is 8.79. The standard InChI is InChI=1S/C55H107N2O7P/c1-7-10-13-16-19-22-25-27-29-32-35-38-41-44-47-54(58)56-52(51-63-65(60,61)62-50-49-57(4,5)6)53(46-43-40-37-34-31-24-21-18-15-12-9-3)64-55(59)48-45-42-39-36-33-30-28-26-23-20-17-14-11-8-2/h29,32,43,46,52-53H,7-28,30-31,33-42,44-45,47-51H2,1-6H3,(H-,56,58,60,61)/p+1/b32-29-,46-43+. The highest BCUT2D eigenvalue weighted by atomic mass is 31.2. The lowest BCUT2D eigenvalue weighted by Gasteiger charge is -2.27. The Hall–Kier alpha value is -1.51. The van der Waals surface area contributed by atoms with Gasteiger partial charge in [0.2, 0.25) is 5.91 Å². The molecular weight excluding hydrogens is 832 g/mol. The van der Waals surface area contributed by atoms with E-state index in [-0.39, 0.29) is 25.1 Å². The van der Waals surface area contributed by atoms with Crippen LogP contribution in [-0.2, 0) is 27.9 Å². The summed E-state index contributed by atoms with van der Waals surface area (Å²) >= 11 is 0. The Kier molecular flexibility index (Phi) is 45.2. The summed E-state index contributed by atoms with van der Waals surface area (Å²) < 4.78 is 30.5. The number of amides is 1. The van der Waals surface area contributed by atoms with Crippen LogP contribution in [-0.4, -0.2) is 74.3 Å². The fourth-order valence-electron chi connectivity index (χ4n) is 8.05. The van der Waals surface area contributed by atoms with E-state index in [0.29, 0.717) is 23.9 Å².